The molecule has 0 saturated carbocycles. The summed E-state index contributed by atoms with van der Waals surface area (Å²) >= 11 is 0. The Bertz CT molecular complexity index is 1080. The topological polar surface area (TPSA) is 44.1 Å². The van der Waals surface area contributed by atoms with Gasteiger partial charge in [0, 0.05) is 18.5 Å². The van der Waals surface area contributed by atoms with Gasteiger partial charge in [-0.25, -0.2) is 0 Å². The molecule has 1 aliphatic carbocycles. The Morgan fingerprint density at radius 1 is 1.14 bits per heavy atom. The minimum absolute atomic E-state index is 0.0998. The summed E-state index contributed by atoms with van der Waals surface area (Å²) in [5, 5.41) is 9.21. The van der Waals surface area contributed by atoms with E-state index in [1.54, 1.807) is 4.90 Å². The Hall–Kier alpha value is -3.12. The van der Waals surface area contributed by atoms with Crippen LogP contribution < -0.4 is 4.90 Å². The molecule has 2 unspecified atom stereocenters. The number of amides is 1. The molecule has 1 amide bonds. The standard InChI is InChI=1S/C26H26N2O/c1-6-20-22(18-13-11-17(15-27)12-14-18)23-19-9-7-8-10-21(19)28(5)24(29)26(23,4)16-25(20,2)3/h6-14,20H,1,16H2,2-5H3. The second-order valence-corrected chi connectivity index (χ2v) is 9.07. The lowest BCUT2D eigenvalue weighted by Gasteiger charge is -2.52. The Balaban J connectivity index is 2.13. The minimum atomic E-state index is -0.616. The van der Waals surface area contributed by atoms with Crippen molar-refractivity contribution in [1.82, 2.24) is 0 Å². The molecule has 2 aliphatic rings. The van der Waals surface area contributed by atoms with Gasteiger partial charge in [0.2, 0.25) is 5.91 Å². The van der Waals surface area contributed by atoms with Gasteiger partial charge >= 0.3 is 0 Å². The van der Waals surface area contributed by atoms with Gasteiger partial charge in [-0.1, -0.05) is 50.3 Å². The molecule has 0 fully saturated rings. The third-order valence-electron chi connectivity index (χ3n) is 6.66. The van der Waals surface area contributed by atoms with Crippen molar-refractivity contribution in [2.45, 2.75) is 27.2 Å². The fraction of sp³-hybridized carbons (Fsp3) is 0.308. The summed E-state index contributed by atoms with van der Waals surface area (Å²) in [5.41, 5.74) is 5.24. The molecule has 2 atom stereocenters. The zero-order valence-corrected chi connectivity index (χ0v) is 17.5. The fourth-order valence-electron chi connectivity index (χ4n) is 5.52. The summed E-state index contributed by atoms with van der Waals surface area (Å²) in [5.74, 6) is 0.232. The van der Waals surface area contributed by atoms with Gasteiger partial charge in [-0.2, -0.15) is 5.26 Å². The number of fused-ring (bicyclic) bond motifs is 3. The molecule has 1 heterocycles. The van der Waals surface area contributed by atoms with Crippen LogP contribution in [0.15, 0.2) is 61.2 Å². The van der Waals surface area contributed by atoms with Crippen LogP contribution in [0.5, 0.6) is 0 Å². The van der Waals surface area contributed by atoms with E-state index in [0.29, 0.717) is 5.56 Å². The summed E-state index contributed by atoms with van der Waals surface area (Å²) in [4.78, 5) is 15.4. The van der Waals surface area contributed by atoms with Crippen molar-refractivity contribution in [2.75, 3.05) is 11.9 Å². The highest BCUT2D eigenvalue weighted by Crippen LogP contribution is 2.62. The van der Waals surface area contributed by atoms with Gasteiger partial charge in [0.1, 0.15) is 0 Å². The summed E-state index contributed by atoms with van der Waals surface area (Å²) in [6.07, 6.45) is 2.77. The second-order valence-electron chi connectivity index (χ2n) is 9.07. The Kier molecular flexibility index (Phi) is 4.28. The third-order valence-corrected chi connectivity index (χ3v) is 6.66. The molecule has 3 heteroatoms. The van der Waals surface area contributed by atoms with E-state index in [2.05, 4.69) is 39.5 Å². The van der Waals surface area contributed by atoms with Crippen LogP contribution in [0.25, 0.3) is 11.1 Å². The number of nitriles is 1. The number of hydrogen-bond donors (Lipinski definition) is 0. The smallest absolute Gasteiger partial charge is 0.237 e. The molecule has 0 N–H and O–H groups in total. The number of nitrogens with zero attached hydrogens (tertiary/aromatic N) is 2. The van der Waals surface area contributed by atoms with Crippen LogP contribution in [-0.4, -0.2) is 13.0 Å². The quantitative estimate of drug-likeness (QED) is 0.627. The lowest BCUT2D eigenvalue weighted by atomic mass is 9.53. The minimum Gasteiger partial charge on any atom is -0.314 e. The Morgan fingerprint density at radius 3 is 2.41 bits per heavy atom. The van der Waals surface area contributed by atoms with E-state index in [1.807, 2.05) is 55.6 Å². The van der Waals surface area contributed by atoms with Crippen molar-refractivity contribution < 1.29 is 4.79 Å². The first-order chi connectivity index (χ1) is 13.7. The van der Waals surface area contributed by atoms with Crippen molar-refractivity contribution in [3.05, 3.63) is 77.9 Å². The maximum atomic E-state index is 13.6. The van der Waals surface area contributed by atoms with Gasteiger partial charge in [0.05, 0.1) is 22.7 Å². The van der Waals surface area contributed by atoms with Gasteiger partial charge in [-0.05, 0) is 53.7 Å². The maximum absolute atomic E-state index is 13.6. The molecule has 0 saturated heterocycles. The molecule has 2 aromatic carbocycles. The van der Waals surface area contributed by atoms with E-state index >= 15 is 0 Å². The van der Waals surface area contributed by atoms with E-state index < -0.39 is 5.41 Å². The van der Waals surface area contributed by atoms with Gasteiger partial charge < -0.3 is 4.90 Å². The summed E-state index contributed by atoms with van der Waals surface area (Å²) in [6.45, 7) is 10.7. The molecular weight excluding hydrogens is 356 g/mol. The maximum Gasteiger partial charge on any atom is 0.237 e. The predicted molar refractivity (Wildman–Crippen MR) is 118 cm³/mol. The van der Waals surface area contributed by atoms with Crippen LogP contribution in [0.1, 0.15) is 43.9 Å². The van der Waals surface area contributed by atoms with Gasteiger partial charge in [-0.15, -0.1) is 6.58 Å². The average molecular weight is 383 g/mol. The predicted octanol–water partition coefficient (Wildman–Crippen LogP) is 5.68. The van der Waals surface area contributed by atoms with Gasteiger partial charge in [-0.3, -0.25) is 4.79 Å². The molecule has 29 heavy (non-hydrogen) atoms. The Labute approximate surface area is 173 Å². The van der Waals surface area contributed by atoms with Gasteiger partial charge in [0.15, 0.2) is 0 Å². The molecule has 0 radical (unpaired) electrons. The molecule has 1 aliphatic heterocycles. The number of benzene rings is 2. The van der Waals surface area contributed by atoms with E-state index in [9.17, 15) is 10.1 Å². The van der Waals surface area contributed by atoms with E-state index in [0.717, 1.165) is 34.4 Å². The number of hydrogen-bond acceptors (Lipinski definition) is 2. The van der Waals surface area contributed by atoms with E-state index in [1.165, 1.54) is 0 Å². The molecule has 0 spiro atoms. The van der Waals surface area contributed by atoms with Crippen molar-refractivity contribution >= 4 is 22.7 Å². The zero-order chi connectivity index (χ0) is 21.0. The normalized spacial score (nSPS) is 25.1. The number of para-hydroxylation sites is 1. The molecule has 0 aromatic heterocycles. The van der Waals surface area contributed by atoms with Crippen LogP contribution in [0, 0.1) is 28.1 Å². The lowest BCUT2D eigenvalue weighted by Crippen LogP contribution is -2.51. The molecule has 4 rings (SSSR count). The number of allylic oxidation sites excluding steroid dienone is 2. The van der Waals surface area contributed by atoms with Crippen molar-refractivity contribution in [1.29, 1.82) is 5.26 Å². The van der Waals surface area contributed by atoms with Crippen LogP contribution in [-0.2, 0) is 4.79 Å². The first-order valence-electron chi connectivity index (χ1n) is 10.00. The highest BCUT2D eigenvalue weighted by Gasteiger charge is 2.54. The second kappa shape index (κ2) is 6.46. The number of carbonyl (C=O) groups is 1. The van der Waals surface area contributed by atoms with Gasteiger partial charge in [0.25, 0.3) is 0 Å². The van der Waals surface area contributed by atoms with E-state index in [-0.39, 0.29) is 17.2 Å². The number of rotatable bonds is 2. The molecule has 0 bridgehead atoms. The fourth-order valence-corrected chi connectivity index (χ4v) is 5.52. The lowest BCUT2D eigenvalue weighted by molar-refractivity contribution is -0.126. The van der Waals surface area contributed by atoms with Crippen LogP contribution in [0.4, 0.5) is 5.69 Å². The van der Waals surface area contributed by atoms with Crippen LogP contribution >= 0.6 is 0 Å². The van der Waals surface area contributed by atoms with Crippen molar-refractivity contribution in [2.24, 2.45) is 16.7 Å². The van der Waals surface area contributed by atoms with Crippen LogP contribution in [0.2, 0.25) is 0 Å². The monoisotopic (exact) mass is 382 g/mol. The highest BCUT2D eigenvalue weighted by molar-refractivity contribution is 6.17. The molecule has 2 aromatic rings. The first-order valence-corrected chi connectivity index (χ1v) is 10.00. The number of carbonyl (C=O) groups excluding carboxylic acids is 1. The molecule has 146 valence electrons. The molecule has 3 nitrogen and oxygen atoms in total. The largest absolute Gasteiger partial charge is 0.314 e. The third kappa shape index (κ3) is 2.67. The number of anilines is 1. The average Bonchev–Trinajstić information content (AvgIpc) is 2.71. The first kappa shape index (κ1) is 19.2. The summed E-state index contributed by atoms with van der Waals surface area (Å²) < 4.78 is 0. The SMILES string of the molecule is C=CC1C(c2ccc(C#N)cc2)=C2c3ccccc3N(C)C(=O)C2(C)CC1(C)C. The van der Waals surface area contributed by atoms with Crippen molar-refractivity contribution in [3.63, 3.8) is 0 Å². The zero-order valence-electron chi connectivity index (χ0n) is 17.5. The summed E-state index contributed by atoms with van der Waals surface area (Å²) in [6, 6.07) is 18.1. The van der Waals surface area contributed by atoms with Crippen molar-refractivity contribution in [3.8, 4) is 6.07 Å². The van der Waals surface area contributed by atoms with Crippen LogP contribution in [0.3, 0.4) is 0 Å². The highest BCUT2D eigenvalue weighted by atomic mass is 16.2. The Morgan fingerprint density at radius 2 is 1.79 bits per heavy atom. The summed E-state index contributed by atoms with van der Waals surface area (Å²) in [7, 11) is 1.87. The van der Waals surface area contributed by atoms with E-state index in [4.69, 9.17) is 0 Å². The molecular formula is C26H26N2O.